The molecule has 1 aliphatic carbocycles. The maximum absolute atomic E-state index is 11.7. The highest BCUT2D eigenvalue weighted by molar-refractivity contribution is 5.80. The van der Waals surface area contributed by atoms with Gasteiger partial charge in [0.2, 0.25) is 0 Å². The second-order valence-electron chi connectivity index (χ2n) is 3.88. The molecule has 1 rings (SSSR count). The van der Waals surface area contributed by atoms with Gasteiger partial charge in [0.25, 0.3) is 0 Å². The molecule has 0 amide bonds. The van der Waals surface area contributed by atoms with Gasteiger partial charge < -0.3 is 24.4 Å². The summed E-state index contributed by atoms with van der Waals surface area (Å²) in [5, 5.41) is 19.5. The molecule has 6 nitrogen and oxygen atoms in total. The molecule has 98 valence electrons. The SMILES string of the molecule is COCO[C@H]1CC=C[C@@](CO)(C(=O)OC)[C@@H]1O. The van der Waals surface area contributed by atoms with E-state index in [2.05, 4.69) is 4.74 Å². The minimum atomic E-state index is -1.45. The Kier molecular flexibility index (Phi) is 5.07. The molecular formula is C11H18O6. The molecule has 0 aromatic carbocycles. The Morgan fingerprint density at radius 2 is 2.24 bits per heavy atom. The van der Waals surface area contributed by atoms with Crippen molar-refractivity contribution in [1.29, 1.82) is 0 Å². The van der Waals surface area contributed by atoms with Gasteiger partial charge in [-0.3, -0.25) is 4.79 Å². The molecule has 0 aliphatic heterocycles. The summed E-state index contributed by atoms with van der Waals surface area (Å²) in [5.74, 6) is -0.686. The van der Waals surface area contributed by atoms with Crippen molar-refractivity contribution in [1.82, 2.24) is 0 Å². The van der Waals surface area contributed by atoms with Crippen LogP contribution in [0.15, 0.2) is 12.2 Å². The van der Waals surface area contributed by atoms with Crippen LogP contribution in [0.1, 0.15) is 6.42 Å². The summed E-state index contributed by atoms with van der Waals surface area (Å²) in [6.45, 7) is -0.525. The van der Waals surface area contributed by atoms with Crippen molar-refractivity contribution in [2.45, 2.75) is 18.6 Å². The number of carbonyl (C=O) groups excluding carboxylic acids is 1. The fourth-order valence-corrected chi connectivity index (χ4v) is 1.88. The summed E-state index contributed by atoms with van der Waals surface area (Å²) in [6, 6.07) is 0. The van der Waals surface area contributed by atoms with Crippen molar-refractivity contribution in [2.24, 2.45) is 5.41 Å². The minimum absolute atomic E-state index is 0.0122. The van der Waals surface area contributed by atoms with Crippen molar-refractivity contribution < 1.29 is 29.2 Å². The number of methoxy groups -OCH3 is 2. The van der Waals surface area contributed by atoms with Gasteiger partial charge in [-0.2, -0.15) is 0 Å². The highest BCUT2D eigenvalue weighted by Gasteiger charge is 2.49. The topological polar surface area (TPSA) is 85.2 Å². The van der Waals surface area contributed by atoms with E-state index >= 15 is 0 Å². The lowest BCUT2D eigenvalue weighted by Crippen LogP contribution is -2.53. The normalized spacial score (nSPS) is 32.5. The van der Waals surface area contributed by atoms with E-state index < -0.39 is 30.2 Å². The number of carbonyl (C=O) groups is 1. The van der Waals surface area contributed by atoms with Crippen molar-refractivity contribution >= 4 is 5.97 Å². The van der Waals surface area contributed by atoms with E-state index in [0.29, 0.717) is 6.42 Å². The molecule has 0 saturated carbocycles. The molecule has 6 heteroatoms. The van der Waals surface area contributed by atoms with E-state index in [0.717, 1.165) is 0 Å². The number of ether oxygens (including phenoxy) is 3. The predicted octanol–water partition coefficient (Wildman–Crippen LogP) is -0.552. The highest BCUT2D eigenvalue weighted by atomic mass is 16.7. The van der Waals surface area contributed by atoms with Crippen molar-refractivity contribution in [3.05, 3.63) is 12.2 Å². The van der Waals surface area contributed by atoms with Gasteiger partial charge in [0.05, 0.1) is 19.8 Å². The highest BCUT2D eigenvalue weighted by Crippen LogP contribution is 2.34. The Hall–Kier alpha value is -0.950. The van der Waals surface area contributed by atoms with E-state index in [9.17, 15) is 15.0 Å². The van der Waals surface area contributed by atoms with Gasteiger partial charge in [0.1, 0.15) is 18.3 Å². The van der Waals surface area contributed by atoms with Crippen LogP contribution in [0.2, 0.25) is 0 Å². The second-order valence-corrected chi connectivity index (χ2v) is 3.88. The maximum Gasteiger partial charge on any atom is 0.320 e. The zero-order chi connectivity index (χ0) is 12.9. The molecule has 0 unspecified atom stereocenters. The Labute approximate surface area is 99.8 Å². The maximum atomic E-state index is 11.7. The Morgan fingerprint density at radius 3 is 2.76 bits per heavy atom. The van der Waals surface area contributed by atoms with Gasteiger partial charge >= 0.3 is 5.97 Å². The third-order valence-corrected chi connectivity index (χ3v) is 2.89. The predicted molar refractivity (Wildman–Crippen MR) is 58.0 cm³/mol. The monoisotopic (exact) mass is 246 g/mol. The second kappa shape index (κ2) is 6.11. The minimum Gasteiger partial charge on any atom is -0.468 e. The van der Waals surface area contributed by atoms with Crippen LogP contribution in [0.5, 0.6) is 0 Å². The molecule has 17 heavy (non-hydrogen) atoms. The molecule has 0 saturated heterocycles. The first-order valence-electron chi connectivity index (χ1n) is 5.28. The summed E-state index contributed by atoms with van der Waals surface area (Å²) in [5.41, 5.74) is -1.45. The molecule has 0 spiro atoms. The first-order valence-corrected chi connectivity index (χ1v) is 5.28. The summed E-state index contributed by atoms with van der Waals surface area (Å²) >= 11 is 0. The molecule has 3 atom stereocenters. The quantitative estimate of drug-likeness (QED) is 0.384. The van der Waals surface area contributed by atoms with Crippen LogP contribution in [-0.2, 0) is 19.0 Å². The van der Waals surface area contributed by atoms with E-state index in [4.69, 9.17) is 9.47 Å². The lowest BCUT2D eigenvalue weighted by atomic mass is 9.75. The first-order chi connectivity index (χ1) is 8.12. The van der Waals surface area contributed by atoms with Crippen LogP contribution >= 0.6 is 0 Å². The molecular weight excluding hydrogens is 228 g/mol. The van der Waals surface area contributed by atoms with Gasteiger partial charge in [-0.05, 0) is 6.42 Å². The summed E-state index contributed by atoms with van der Waals surface area (Å²) < 4.78 is 14.6. The van der Waals surface area contributed by atoms with E-state index in [1.807, 2.05) is 0 Å². The molecule has 0 fully saturated rings. The molecule has 0 aromatic heterocycles. The fraction of sp³-hybridized carbons (Fsp3) is 0.727. The third kappa shape index (κ3) is 2.66. The largest absolute Gasteiger partial charge is 0.468 e. The average molecular weight is 246 g/mol. The van der Waals surface area contributed by atoms with Crippen LogP contribution in [0.3, 0.4) is 0 Å². The van der Waals surface area contributed by atoms with Gasteiger partial charge in [-0.25, -0.2) is 0 Å². The van der Waals surface area contributed by atoms with Crippen LogP contribution in [0.25, 0.3) is 0 Å². The molecule has 1 aliphatic rings. The number of hydrogen-bond donors (Lipinski definition) is 2. The Bertz CT molecular complexity index is 290. The van der Waals surface area contributed by atoms with Crippen LogP contribution in [-0.4, -0.2) is 56.0 Å². The van der Waals surface area contributed by atoms with Crippen LogP contribution < -0.4 is 0 Å². The summed E-state index contributed by atoms with van der Waals surface area (Å²) in [4.78, 5) is 11.7. The smallest absolute Gasteiger partial charge is 0.320 e. The fourth-order valence-electron chi connectivity index (χ4n) is 1.88. The van der Waals surface area contributed by atoms with E-state index in [1.54, 1.807) is 6.08 Å². The number of esters is 1. The zero-order valence-corrected chi connectivity index (χ0v) is 9.96. The number of aliphatic hydroxyl groups is 2. The van der Waals surface area contributed by atoms with Gasteiger partial charge in [0, 0.05) is 7.11 Å². The van der Waals surface area contributed by atoms with Crippen LogP contribution in [0, 0.1) is 5.41 Å². The van der Waals surface area contributed by atoms with Gasteiger partial charge in [-0.1, -0.05) is 12.2 Å². The molecule has 0 bridgehead atoms. The standard InChI is InChI=1S/C11H18O6/c1-15-7-17-8-4-3-5-11(6-12,9(8)13)10(14)16-2/h3,5,8-9,12-13H,4,6-7H2,1-2H3/t8-,9+,11-/m0/s1. The lowest BCUT2D eigenvalue weighted by molar-refractivity contribution is -0.177. The number of aliphatic hydroxyl groups excluding tert-OH is 2. The zero-order valence-electron chi connectivity index (χ0n) is 9.96. The van der Waals surface area contributed by atoms with E-state index in [-0.39, 0.29) is 6.79 Å². The molecule has 2 N–H and O–H groups in total. The van der Waals surface area contributed by atoms with Crippen molar-refractivity contribution in [2.75, 3.05) is 27.6 Å². The van der Waals surface area contributed by atoms with Crippen molar-refractivity contribution in [3.63, 3.8) is 0 Å². The summed E-state index contributed by atoms with van der Waals surface area (Å²) in [7, 11) is 2.67. The molecule has 0 aromatic rings. The van der Waals surface area contributed by atoms with Gasteiger partial charge in [-0.15, -0.1) is 0 Å². The first kappa shape index (κ1) is 14.1. The van der Waals surface area contributed by atoms with E-state index in [1.165, 1.54) is 20.3 Å². The Balaban J connectivity index is 2.87. The van der Waals surface area contributed by atoms with Gasteiger partial charge in [0.15, 0.2) is 0 Å². The average Bonchev–Trinajstić information content (AvgIpc) is 2.37. The third-order valence-electron chi connectivity index (χ3n) is 2.89. The molecule has 0 heterocycles. The van der Waals surface area contributed by atoms with Crippen molar-refractivity contribution in [3.8, 4) is 0 Å². The number of rotatable bonds is 5. The van der Waals surface area contributed by atoms with Crippen LogP contribution in [0.4, 0.5) is 0 Å². The Morgan fingerprint density at radius 1 is 1.53 bits per heavy atom. The lowest BCUT2D eigenvalue weighted by Gasteiger charge is -2.38. The summed E-state index contributed by atoms with van der Waals surface area (Å²) in [6.07, 6.45) is 1.82. The number of hydrogen-bond acceptors (Lipinski definition) is 6. The molecule has 0 radical (unpaired) electrons.